The van der Waals surface area contributed by atoms with Crippen molar-refractivity contribution in [2.45, 2.75) is 76.4 Å². The molecule has 35 heavy (non-hydrogen) atoms. The summed E-state index contributed by atoms with van der Waals surface area (Å²) < 4.78 is 27.3. The summed E-state index contributed by atoms with van der Waals surface area (Å²) in [5.41, 5.74) is 0.922. The highest BCUT2D eigenvalue weighted by molar-refractivity contribution is 5.81. The number of hydrogen-bond donors (Lipinski definition) is 0. The van der Waals surface area contributed by atoms with Crippen LogP contribution in [0.3, 0.4) is 0 Å². The summed E-state index contributed by atoms with van der Waals surface area (Å²) in [5.74, 6) is 1.41. The van der Waals surface area contributed by atoms with E-state index in [0.29, 0.717) is 43.2 Å². The lowest BCUT2D eigenvalue weighted by Gasteiger charge is -2.34. The predicted molar refractivity (Wildman–Crippen MR) is 133 cm³/mol. The van der Waals surface area contributed by atoms with Gasteiger partial charge in [0.2, 0.25) is 5.75 Å². The minimum absolute atomic E-state index is 0.0210. The Kier molecular flexibility index (Phi) is 10.6. The van der Waals surface area contributed by atoms with E-state index in [1.54, 1.807) is 26.2 Å². The minimum Gasteiger partial charge on any atom is -0.493 e. The Morgan fingerprint density at radius 1 is 0.943 bits per heavy atom. The van der Waals surface area contributed by atoms with Crippen LogP contribution >= 0.6 is 0 Å². The Labute approximate surface area is 208 Å². The van der Waals surface area contributed by atoms with Gasteiger partial charge in [0.15, 0.2) is 11.5 Å². The predicted octanol–water partition coefficient (Wildman–Crippen LogP) is 5.37. The van der Waals surface area contributed by atoms with Crippen LogP contribution in [0.15, 0.2) is 18.2 Å². The third-order valence-electron chi connectivity index (χ3n) is 6.59. The van der Waals surface area contributed by atoms with E-state index in [0.717, 1.165) is 50.5 Å². The number of piperidine rings is 1. The van der Waals surface area contributed by atoms with Crippen molar-refractivity contribution in [3.05, 3.63) is 23.8 Å². The molecule has 8 heteroatoms. The van der Waals surface area contributed by atoms with Gasteiger partial charge >= 0.3 is 12.1 Å². The fourth-order valence-corrected chi connectivity index (χ4v) is 4.68. The lowest BCUT2D eigenvalue weighted by molar-refractivity contribution is -0.151. The average molecular weight is 490 g/mol. The molecule has 1 aliphatic carbocycles. The molecule has 8 nitrogen and oxygen atoms in total. The van der Waals surface area contributed by atoms with Crippen LogP contribution in [-0.2, 0) is 14.3 Å². The zero-order valence-electron chi connectivity index (χ0n) is 21.3. The Morgan fingerprint density at radius 3 is 2.29 bits per heavy atom. The molecule has 0 spiro atoms. The quantitative estimate of drug-likeness (QED) is 0.323. The Hall–Kier alpha value is -2.90. The van der Waals surface area contributed by atoms with Crippen molar-refractivity contribution in [3.63, 3.8) is 0 Å². The molecule has 0 radical (unpaired) electrons. The number of nitrogens with zero attached hydrogens (tertiary/aromatic N) is 1. The van der Waals surface area contributed by atoms with Crippen LogP contribution in [0.2, 0.25) is 0 Å². The molecule has 1 atom stereocenters. The molecular formula is C27H39NO7. The summed E-state index contributed by atoms with van der Waals surface area (Å²) in [4.78, 5) is 27.0. The van der Waals surface area contributed by atoms with Gasteiger partial charge in [0.1, 0.15) is 12.1 Å². The number of allylic oxidation sites excluding steroid dienone is 1. The van der Waals surface area contributed by atoms with E-state index in [1.807, 2.05) is 24.3 Å². The van der Waals surface area contributed by atoms with Crippen LogP contribution in [0.5, 0.6) is 17.2 Å². The maximum absolute atomic E-state index is 12.7. The first kappa shape index (κ1) is 26.7. The smallest absolute Gasteiger partial charge is 0.410 e. The number of amides is 1. The van der Waals surface area contributed by atoms with Crippen LogP contribution in [0.1, 0.15) is 69.8 Å². The number of methoxy groups -OCH3 is 3. The van der Waals surface area contributed by atoms with Gasteiger partial charge in [-0.1, -0.05) is 18.6 Å². The molecular weight excluding hydrogens is 450 g/mol. The summed E-state index contributed by atoms with van der Waals surface area (Å²) in [7, 11) is 4.74. The number of rotatable bonds is 10. The van der Waals surface area contributed by atoms with Gasteiger partial charge in [-0.25, -0.2) is 9.59 Å². The van der Waals surface area contributed by atoms with Crippen LogP contribution in [-0.4, -0.2) is 63.6 Å². The summed E-state index contributed by atoms with van der Waals surface area (Å²) in [6, 6.07) is 3.21. The number of ether oxygens (including phenoxy) is 5. The molecule has 1 amide bonds. The third kappa shape index (κ3) is 7.54. The van der Waals surface area contributed by atoms with Crippen molar-refractivity contribution < 1.29 is 33.3 Å². The molecule has 3 rings (SSSR count). The molecule has 0 bridgehead atoms. The second kappa shape index (κ2) is 13.9. The standard InChI is InChI=1S/C27H39NO7/c1-31-23-18-20(19-24(32-2)25(23)33-3)12-6-5-11-17-34-26(29)22-15-9-10-16-28(22)27(30)35-21-13-7-4-8-14-21/h6,12,18-19,21-22H,4-5,7-11,13-17H2,1-3H3/b12-6+/t22-/m0/s1. The monoisotopic (exact) mass is 489 g/mol. The van der Waals surface area contributed by atoms with Crippen molar-refractivity contribution >= 4 is 18.1 Å². The van der Waals surface area contributed by atoms with Crippen LogP contribution in [0.4, 0.5) is 4.79 Å². The largest absolute Gasteiger partial charge is 0.493 e. The van der Waals surface area contributed by atoms with Gasteiger partial charge < -0.3 is 23.7 Å². The van der Waals surface area contributed by atoms with Crippen LogP contribution in [0, 0.1) is 0 Å². The normalized spacial score (nSPS) is 18.8. The number of carbonyl (C=O) groups is 2. The molecule has 1 aromatic rings. The second-order valence-corrected chi connectivity index (χ2v) is 9.02. The van der Waals surface area contributed by atoms with Gasteiger partial charge in [0.05, 0.1) is 27.9 Å². The fourth-order valence-electron chi connectivity index (χ4n) is 4.68. The molecule has 1 heterocycles. The van der Waals surface area contributed by atoms with E-state index in [4.69, 9.17) is 23.7 Å². The maximum atomic E-state index is 12.7. The maximum Gasteiger partial charge on any atom is 0.410 e. The zero-order valence-corrected chi connectivity index (χ0v) is 21.3. The first-order chi connectivity index (χ1) is 17.1. The molecule has 0 unspecified atom stereocenters. The minimum atomic E-state index is -0.547. The summed E-state index contributed by atoms with van der Waals surface area (Å²) in [6.45, 7) is 0.850. The molecule has 1 saturated heterocycles. The Bertz CT molecular complexity index is 838. The summed E-state index contributed by atoms with van der Waals surface area (Å²) in [6.07, 6.45) is 12.7. The number of hydrogen-bond acceptors (Lipinski definition) is 7. The Balaban J connectivity index is 1.45. The molecule has 2 aliphatic rings. The third-order valence-corrected chi connectivity index (χ3v) is 6.59. The highest BCUT2D eigenvalue weighted by Crippen LogP contribution is 2.38. The lowest BCUT2D eigenvalue weighted by atomic mass is 9.98. The first-order valence-electron chi connectivity index (χ1n) is 12.7. The van der Waals surface area contributed by atoms with Gasteiger partial charge in [-0.15, -0.1) is 0 Å². The molecule has 194 valence electrons. The van der Waals surface area contributed by atoms with Crippen molar-refractivity contribution in [2.24, 2.45) is 0 Å². The number of carbonyl (C=O) groups excluding carboxylic acids is 2. The number of esters is 1. The summed E-state index contributed by atoms with van der Waals surface area (Å²) >= 11 is 0. The van der Waals surface area contributed by atoms with Gasteiger partial charge in [-0.2, -0.15) is 0 Å². The number of benzene rings is 1. The second-order valence-electron chi connectivity index (χ2n) is 9.02. The number of unbranched alkanes of at least 4 members (excludes halogenated alkanes) is 1. The zero-order chi connectivity index (χ0) is 25.0. The van der Waals surface area contributed by atoms with Crippen LogP contribution < -0.4 is 14.2 Å². The van der Waals surface area contributed by atoms with E-state index in [9.17, 15) is 9.59 Å². The van der Waals surface area contributed by atoms with Gasteiger partial charge in [0, 0.05) is 6.54 Å². The van der Waals surface area contributed by atoms with Gasteiger partial charge in [-0.3, -0.25) is 4.90 Å². The lowest BCUT2D eigenvalue weighted by Crippen LogP contribution is -2.49. The number of likely N-dealkylation sites (tertiary alicyclic amines) is 1. The highest BCUT2D eigenvalue weighted by atomic mass is 16.6. The summed E-state index contributed by atoms with van der Waals surface area (Å²) in [5, 5.41) is 0. The van der Waals surface area contributed by atoms with Crippen molar-refractivity contribution in [3.8, 4) is 17.2 Å². The van der Waals surface area contributed by atoms with Crippen molar-refractivity contribution in [1.29, 1.82) is 0 Å². The van der Waals surface area contributed by atoms with E-state index >= 15 is 0 Å². The molecule has 1 aromatic carbocycles. The molecule has 2 fully saturated rings. The van der Waals surface area contributed by atoms with Crippen molar-refractivity contribution in [2.75, 3.05) is 34.5 Å². The molecule has 1 aliphatic heterocycles. The topological polar surface area (TPSA) is 83.5 Å². The molecule has 1 saturated carbocycles. The molecule has 0 aromatic heterocycles. The van der Waals surface area contributed by atoms with Gasteiger partial charge in [0.25, 0.3) is 0 Å². The fraction of sp³-hybridized carbons (Fsp3) is 0.630. The van der Waals surface area contributed by atoms with Crippen LogP contribution in [0.25, 0.3) is 6.08 Å². The SMILES string of the molecule is COc1cc(/C=C/CCCOC(=O)[C@@H]2CCCCN2C(=O)OC2CCCCC2)cc(OC)c1OC. The van der Waals surface area contributed by atoms with E-state index < -0.39 is 6.04 Å². The van der Waals surface area contributed by atoms with Gasteiger partial charge in [-0.05, 0) is 75.5 Å². The highest BCUT2D eigenvalue weighted by Gasteiger charge is 2.35. The molecule has 0 N–H and O–H groups in total. The Morgan fingerprint density at radius 2 is 1.63 bits per heavy atom. The average Bonchev–Trinajstić information content (AvgIpc) is 2.90. The first-order valence-corrected chi connectivity index (χ1v) is 12.7. The van der Waals surface area contributed by atoms with Crippen molar-refractivity contribution in [1.82, 2.24) is 4.90 Å². The van der Waals surface area contributed by atoms with E-state index in [2.05, 4.69) is 0 Å². The van der Waals surface area contributed by atoms with E-state index in [1.165, 1.54) is 6.42 Å². The van der Waals surface area contributed by atoms with E-state index in [-0.39, 0.29) is 18.2 Å².